The van der Waals surface area contributed by atoms with Crippen molar-refractivity contribution in [1.82, 2.24) is 0 Å². The quantitative estimate of drug-likeness (QED) is 0.148. The van der Waals surface area contributed by atoms with E-state index in [1.807, 2.05) is 50.5 Å². The third-order valence-corrected chi connectivity index (χ3v) is 5.42. The lowest BCUT2D eigenvalue weighted by Crippen LogP contribution is -2.44. The van der Waals surface area contributed by atoms with Crippen molar-refractivity contribution in [2.45, 2.75) is 40.4 Å². The lowest BCUT2D eigenvalue weighted by molar-refractivity contribution is -0.778. The molecule has 0 amide bonds. The Balaban J connectivity index is 0.000000308. The fourth-order valence-corrected chi connectivity index (χ4v) is 3.73. The summed E-state index contributed by atoms with van der Waals surface area (Å²) in [7, 11) is 0. The average molecular weight is 590 g/mol. The number of aryl methyl sites for hydroxylation is 3. The maximum atomic E-state index is 11.8. The minimum absolute atomic E-state index is 0.267. The number of pyridine rings is 3. The number of alkyl halides is 1. The monoisotopic (exact) mass is 588 g/mol. The molecule has 0 unspecified atom stereocenters. The summed E-state index contributed by atoms with van der Waals surface area (Å²) in [5, 5.41) is 0.865. The van der Waals surface area contributed by atoms with Gasteiger partial charge in [0.15, 0.2) is 43.7 Å². The van der Waals surface area contributed by atoms with Crippen molar-refractivity contribution in [3.05, 3.63) is 90.3 Å². The SMILES string of the molecule is CCOC(=O)c1ccc[n+](CCBr)c1.CCOC(=O)c1ccc[n+](CC[n+]2cccc(C(=O)OCC)c2)c1. The summed E-state index contributed by atoms with van der Waals surface area (Å²) in [4.78, 5) is 34.9. The second kappa shape index (κ2) is 17.0. The summed E-state index contributed by atoms with van der Waals surface area (Å²) in [6.45, 7) is 8.62. The van der Waals surface area contributed by atoms with Gasteiger partial charge in [0.25, 0.3) is 0 Å². The Hall–Kier alpha value is -3.66. The van der Waals surface area contributed by atoms with E-state index in [2.05, 4.69) is 15.9 Å². The van der Waals surface area contributed by atoms with Crippen molar-refractivity contribution in [2.24, 2.45) is 0 Å². The normalized spacial score (nSPS) is 10.1. The van der Waals surface area contributed by atoms with Gasteiger partial charge < -0.3 is 14.2 Å². The molecule has 38 heavy (non-hydrogen) atoms. The number of aromatic nitrogens is 3. The van der Waals surface area contributed by atoms with E-state index in [0.717, 1.165) is 11.9 Å². The van der Waals surface area contributed by atoms with Crippen LogP contribution in [0.3, 0.4) is 0 Å². The van der Waals surface area contributed by atoms with Crippen LogP contribution in [0.15, 0.2) is 73.6 Å². The number of ether oxygens (including phenoxy) is 3. The van der Waals surface area contributed by atoms with Gasteiger partial charge in [0.05, 0.1) is 25.2 Å². The van der Waals surface area contributed by atoms with Gasteiger partial charge in [-0.15, -0.1) is 0 Å². The molecule has 0 aliphatic rings. The third kappa shape index (κ3) is 10.4. The van der Waals surface area contributed by atoms with Crippen molar-refractivity contribution in [2.75, 3.05) is 25.2 Å². The number of hydrogen-bond acceptors (Lipinski definition) is 6. The first kappa shape index (κ1) is 30.6. The molecule has 0 spiro atoms. The van der Waals surface area contributed by atoms with Crippen LogP contribution >= 0.6 is 15.9 Å². The summed E-state index contributed by atoms with van der Waals surface area (Å²) in [6, 6.07) is 10.7. The van der Waals surface area contributed by atoms with Crippen LogP contribution in [0.1, 0.15) is 51.8 Å². The van der Waals surface area contributed by atoms with Gasteiger partial charge in [-0.2, -0.15) is 9.13 Å². The average Bonchev–Trinajstić information content (AvgIpc) is 2.93. The molecule has 0 radical (unpaired) electrons. The maximum absolute atomic E-state index is 11.8. The molecule has 0 N–H and O–H groups in total. The lowest BCUT2D eigenvalue weighted by atomic mass is 10.3. The second-order valence-corrected chi connectivity index (χ2v) is 8.63. The van der Waals surface area contributed by atoms with Gasteiger partial charge in [-0.05, 0) is 39.0 Å². The van der Waals surface area contributed by atoms with Gasteiger partial charge >= 0.3 is 17.9 Å². The first-order valence-corrected chi connectivity index (χ1v) is 13.6. The molecule has 202 valence electrons. The maximum Gasteiger partial charge on any atom is 0.344 e. The molecule has 0 aromatic carbocycles. The Kier molecular flexibility index (Phi) is 13.6. The number of nitrogens with zero attached hydrogens (tertiary/aromatic N) is 3. The predicted molar refractivity (Wildman–Crippen MR) is 142 cm³/mol. The molecule has 3 heterocycles. The number of halogens is 1. The molecule has 0 saturated heterocycles. The summed E-state index contributed by atoms with van der Waals surface area (Å²) in [5.41, 5.74) is 1.63. The van der Waals surface area contributed by atoms with Crippen LogP contribution in [-0.2, 0) is 33.8 Å². The first-order chi connectivity index (χ1) is 18.4. The largest absolute Gasteiger partial charge is 0.462 e. The van der Waals surface area contributed by atoms with Gasteiger partial charge in [-0.3, -0.25) is 0 Å². The Labute approximate surface area is 231 Å². The highest BCUT2D eigenvalue weighted by Crippen LogP contribution is 2.00. The van der Waals surface area contributed by atoms with E-state index in [4.69, 9.17) is 14.2 Å². The van der Waals surface area contributed by atoms with E-state index >= 15 is 0 Å². The van der Waals surface area contributed by atoms with Crippen LogP contribution in [-0.4, -0.2) is 43.1 Å². The van der Waals surface area contributed by atoms with Crippen LogP contribution in [0, 0.1) is 0 Å². The molecule has 0 bridgehead atoms. The van der Waals surface area contributed by atoms with E-state index in [1.54, 1.807) is 57.6 Å². The molecule has 3 aromatic rings. The fourth-order valence-electron chi connectivity index (χ4n) is 3.32. The lowest BCUT2D eigenvalue weighted by Gasteiger charge is -2.02. The standard InChI is InChI=1S/C18H22N2O4.C10H13BrNO2/c1-3-23-17(21)15-7-5-9-19(13-15)11-12-20-10-6-8-16(14-20)18(22)24-4-2;1-2-14-10(13)9-4-3-6-12(8-9)7-5-11/h5-10,13-14H,3-4,11-12H2,1-2H3;3-4,6,8H,2,5,7H2,1H3/q+2;+1. The zero-order valence-electron chi connectivity index (χ0n) is 22.0. The first-order valence-electron chi connectivity index (χ1n) is 12.5. The zero-order chi connectivity index (χ0) is 27.8. The van der Waals surface area contributed by atoms with Crippen molar-refractivity contribution < 1.29 is 42.3 Å². The Morgan fingerprint density at radius 2 is 0.921 bits per heavy atom. The zero-order valence-corrected chi connectivity index (χ0v) is 23.6. The van der Waals surface area contributed by atoms with E-state index in [9.17, 15) is 14.4 Å². The predicted octanol–water partition coefficient (Wildman–Crippen LogP) is 2.86. The molecule has 0 saturated carbocycles. The molecule has 0 aliphatic carbocycles. The highest BCUT2D eigenvalue weighted by molar-refractivity contribution is 9.09. The second-order valence-electron chi connectivity index (χ2n) is 7.84. The molecular formula is C28H35BrN3O6+3. The van der Waals surface area contributed by atoms with E-state index in [-0.39, 0.29) is 17.9 Å². The number of carbonyl (C=O) groups excluding carboxylic acids is 3. The highest BCUT2D eigenvalue weighted by Gasteiger charge is 2.15. The van der Waals surface area contributed by atoms with Crippen molar-refractivity contribution >= 4 is 33.8 Å². The van der Waals surface area contributed by atoms with Crippen LogP contribution in [0.2, 0.25) is 0 Å². The van der Waals surface area contributed by atoms with Gasteiger partial charge in [-0.1, -0.05) is 15.9 Å². The summed E-state index contributed by atoms with van der Waals surface area (Å²) in [6.07, 6.45) is 11.0. The van der Waals surface area contributed by atoms with E-state index < -0.39 is 0 Å². The minimum Gasteiger partial charge on any atom is -0.462 e. The fraction of sp³-hybridized carbons (Fsp3) is 0.357. The van der Waals surface area contributed by atoms with Gasteiger partial charge in [0, 0.05) is 18.2 Å². The molecule has 0 fully saturated rings. The summed E-state index contributed by atoms with van der Waals surface area (Å²) >= 11 is 3.34. The molecule has 9 nitrogen and oxygen atoms in total. The number of hydrogen-bond donors (Lipinski definition) is 0. The van der Waals surface area contributed by atoms with Gasteiger partial charge in [0.2, 0.25) is 13.1 Å². The Morgan fingerprint density at radius 1 is 0.605 bits per heavy atom. The van der Waals surface area contributed by atoms with Crippen molar-refractivity contribution in [3.8, 4) is 0 Å². The van der Waals surface area contributed by atoms with Crippen molar-refractivity contribution in [3.63, 3.8) is 0 Å². The number of carbonyl (C=O) groups is 3. The molecule has 0 atom stereocenters. The van der Waals surface area contributed by atoms with Gasteiger partial charge in [-0.25, -0.2) is 19.0 Å². The number of rotatable bonds is 11. The molecule has 3 rings (SSSR count). The van der Waals surface area contributed by atoms with Crippen LogP contribution in [0.5, 0.6) is 0 Å². The smallest absolute Gasteiger partial charge is 0.344 e. The van der Waals surface area contributed by atoms with E-state index in [0.29, 0.717) is 49.6 Å². The van der Waals surface area contributed by atoms with E-state index in [1.165, 1.54) is 0 Å². The third-order valence-electron chi connectivity index (χ3n) is 5.07. The molecule has 3 aromatic heterocycles. The van der Waals surface area contributed by atoms with Gasteiger partial charge in [0.1, 0.15) is 16.7 Å². The molecule has 0 aliphatic heterocycles. The Bertz CT molecular complexity index is 1140. The molecule has 10 heteroatoms. The summed E-state index contributed by atoms with van der Waals surface area (Å²) in [5.74, 6) is -0.927. The Morgan fingerprint density at radius 3 is 1.21 bits per heavy atom. The summed E-state index contributed by atoms with van der Waals surface area (Å²) < 4.78 is 20.7. The van der Waals surface area contributed by atoms with Crippen molar-refractivity contribution in [1.29, 1.82) is 0 Å². The topological polar surface area (TPSA) is 90.5 Å². The van der Waals surface area contributed by atoms with Crippen LogP contribution < -0.4 is 13.7 Å². The number of esters is 3. The molecular weight excluding hydrogens is 554 g/mol. The van der Waals surface area contributed by atoms with Crippen LogP contribution in [0.25, 0.3) is 0 Å². The van der Waals surface area contributed by atoms with Crippen LogP contribution in [0.4, 0.5) is 0 Å². The minimum atomic E-state index is -0.330. The highest BCUT2D eigenvalue weighted by atomic mass is 79.9.